The smallest absolute Gasteiger partial charge is 0.240 e. The van der Waals surface area contributed by atoms with E-state index >= 15 is 0 Å². The maximum Gasteiger partial charge on any atom is 0.416 e. The van der Waals surface area contributed by atoms with Gasteiger partial charge in [0.25, 0.3) is 0 Å². The van der Waals surface area contributed by atoms with Gasteiger partial charge in [-0.2, -0.15) is 41.9 Å². The fourth-order valence-electron chi connectivity index (χ4n) is 3.66. The highest BCUT2D eigenvalue weighted by molar-refractivity contribution is 6.23. The van der Waals surface area contributed by atoms with E-state index in [-0.39, 0.29) is 50.9 Å². The minimum absolute atomic E-state index is 0.0315. The minimum Gasteiger partial charge on any atom is -0.240 e. The summed E-state index contributed by atoms with van der Waals surface area (Å²) in [6, 6.07) is 7.39. The molecule has 12 heteroatoms. The molecule has 0 saturated heterocycles. The quantitative estimate of drug-likeness (QED) is 0.198. The fourth-order valence-corrected chi connectivity index (χ4v) is 3.66. The number of hydrogen-bond acceptors (Lipinski definition) is 6. The molecule has 2 aromatic carbocycles. The normalized spacial score (nSPS) is 14.0. The Kier molecular flexibility index (Phi) is 5.61. The summed E-state index contributed by atoms with van der Waals surface area (Å²) < 4.78 is 79.2. The Morgan fingerprint density at radius 3 is 2.00 bits per heavy atom. The first-order valence-corrected chi connectivity index (χ1v) is 9.67. The monoisotopic (exact) mass is 484 g/mol. The number of nitriles is 2. The second-order valence-electron chi connectivity index (χ2n) is 7.33. The van der Waals surface area contributed by atoms with Crippen molar-refractivity contribution < 1.29 is 26.3 Å². The molecule has 0 saturated carbocycles. The van der Waals surface area contributed by atoms with Crippen molar-refractivity contribution in [2.45, 2.75) is 19.3 Å². The third kappa shape index (κ3) is 4.22. The predicted molar refractivity (Wildman–Crippen MR) is 113 cm³/mol. The Hall–Kier alpha value is -4.58. The number of aryl methyl sites for hydroxylation is 1. The molecule has 0 bridgehead atoms. The molecule has 0 radical (unpaired) electrons. The highest BCUT2D eigenvalue weighted by atomic mass is 19.4. The third-order valence-electron chi connectivity index (χ3n) is 5.17. The van der Waals surface area contributed by atoms with Crippen molar-refractivity contribution in [3.63, 3.8) is 0 Å². The molecule has 0 spiro atoms. The van der Waals surface area contributed by atoms with Crippen molar-refractivity contribution in [1.82, 2.24) is 9.97 Å². The van der Waals surface area contributed by atoms with Crippen LogP contribution in [-0.2, 0) is 12.4 Å². The molecule has 0 fully saturated rings. The standard InChI is InChI=1S/C23H10F6N6/c1-11-8-12(22(24,25)26)2-4-14(11)19-21(32-7-6-30)35-18-15-5-3-13(23(27,28)29)9-16(15)17(33-10-31)20(18)34-19/h2-5,7-9H,1H3/b32-7+,33-17+. The zero-order valence-electron chi connectivity index (χ0n) is 17.5. The highest BCUT2D eigenvalue weighted by Crippen LogP contribution is 2.42. The van der Waals surface area contributed by atoms with Gasteiger partial charge in [-0.3, -0.25) is 0 Å². The number of benzene rings is 2. The van der Waals surface area contributed by atoms with Crippen LogP contribution in [0.5, 0.6) is 0 Å². The van der Waals surface area contributed by atoms with Crippen molar-refractivity contribution >= 4 is 17.7 Å². The van der Waals surface area contributed by atoms with E-state index in [4.69, 9.17) is 10.5 Å². The van der Waals surface area contributed by atoms with Crippen molar-refractivity contribution in [2.24, 2.45) is 9.98 Å². The maximum absolute atomic E-state index is 13.3. The van der Waals surface area contributed by atoms with E-state index in [2.05, 4.69) is 20.0 Å². The van der Waals surface area contributed by atoms with Gasteiger partial charge < -0.3 is 0 Å². The summed E-state index contributed by atoms with van der Waals surface area (Å²) in [5.41, 5.74) is -1.50. The van der Waals surface area contributed by atoms with Crippen molar-refractivity contribution in [3.8, 4) is 34.8 Å². The Balaban J connectivity index is 1.99. The molecule has 4 rings (SSSR count). The molecule has 0 atom stereocenters. The zero-order valence-corrected chi connectivity index (χ0v) is 17.5. The predicted octanol–water partition coefficient (Wildman–Crippen LogP) is 6.01. The van der Waals surface area contributed by atoms with Crippen LogP contribution in [0.1, 0.15) is 27.9 Å². The Bertz CT molecular complexity index is 1500. The van der Waals surface area contributed by atoms with Crippen LogP contribution in [-0.4, -0.2) is 21.9 Å². The molecule has 174 valence electrons. The lowest BCUT2D eigenvalue weighted by Crippen LogP contribution is -2.08. The molecule has 0 N–H and O–H groups in total. The summed E-state index contributed by atoms with van der Waals surface area (Å²) in [4.78, 5) is 16.3. The first-order valence-electron chi connectivity index (χ1n) is 9.67. The van der Waals surface area contributed by atoms with Crippen LogP contribution in [0.3, 0.4) is 0 Å². The molecule has 1 aliphatic carbocycles. The molecule has 0 aliphatic heterocycles. The van der Waals surface area contributed by atoms with Gasteiger partial charge in [-0.15, -0.1) is 0 Å². The van der Waals surface area contributed by atoms with E-state index in [9.17, 15) is 26.3 Å². The minimum atomic E-state index is -4.66. The zero-order chi connectivity index (χ0) is 25.5. The van der Waals surface area contributed by atoms with Crippen LogP contribution in [0.25, 0.3) is 22.5 Å². The van der Waals surface area contributed by atoms with Gasteiger partial charge in [0.05, 0.1) is 11.1 Å². The molecule has 3 aromatic rings. The summed E-state index contributed by atoms with van der Waals surface area (Å²) in [7, 11) is 0. The summed E-state index contributed by atoms with van der Waals surface area (Å²) in [5.74, 6) is -0.141. The van der Waals surface area contributed by atoms with Gasteiger partial charge in [0.1, 0.15) is 35.1 Å². The average molecular weight is 484 g/mol. The maximum atomic E-state index is 13.3. The highest BCUT2D eigenvalue weighted by Gasteiger charge is 2.36. The average Bonchev–Trinajstić information content (AvgIpc) is 3.08. The summed E-state index contributed by atoms with van der Waals surface area (Å²) in [6.07, 6.45) is -6.87. The Morgan fingerprint density at radius 2 is 1.43 bits per heavy atom. The SMILES string of the molecule is Cc1cc(C(F)(F)F)ccc1-c1nc2c(nc1/N=C/C#N)-c1ccc(C(F)(F)F)cc1/C2=N\C#N. The molecule has 0 unspecified atom stereocenters. The lowest BCUT2D eigenvalue weighted by Gasteiger charge is -2.13. The van der Waals surface area contributed by atoms with E-state index < -0.39 is 23.5 Å². The first-order chi connectivity index (χ1) is 16.5. The number of fused-ring (bicyclic) bond motifs is 3. The molecule has 0 amide bonds. The number of alkyl halides is 6. The Morgan fingerprint density at radius 1 is 0.800 bits per heavy atom. The lowest BCUT2D eigenvalue weighted by molar-refractivity contribution is -0.138. The van der Waals surface area contributed by atoms with Crippen molar-refractivity contribution in [1.29, 1.82) is 10.5 Å². The molecule has 1 heterocycles. The van der Waals surface area contributed by atoms with Crippen LogP contribution in [0.15, 0.2) is 46.4 Å². The fraction of sp³-hybridized carbons (Fsp3) is 0.130. The van der Waals surface area contributed by atoms with Crippen LogP contribution in [0.2, 0.25) is 0 Å². The summed E-state index contributed by atoms with van der Waals surface area (Å²) in [6.45, 7) is 1.41. The van der Waals surface area contributed by atoms with Gasteiger partial charge in [-0.25, -0.2) is 15.0 Å². The largest absolute Gasteiger partial charge is 0.416 e. The van der Waals surface area contributed by atoms with Crippen LogP contribution in [0, 0.1) is 29.7 Å². The number of nitrogens with zero attached hydrogens (tertiary/aromatic N) is 6. The van der Waals surface area contributed by atoms with Crippen LogP contribution >= 0.6 is 0 Å². The van der Waals surface area contributed by atoms with Gasteiger partial charge in [-0.05, 0) is 36.8 Å². The third-order valence-corrected chi connectivity index (χ3v) is 5.17. The lowest BCUT2D eigenvalue weighted by atomic mass is 10.0. The van der Waals surface area contributed by atoms with Gasteiger partial charge in [0, 0.05) is 16.7 Å². The van der Waals surface area contributed by atoms with Gasteiger partial charge in [-0.1, -0.05) is 12.1 Å². The second kappa shape index (κ2) is 8.33. The number of halogens is 6. The van der Waals surface area contributed by atoms with E-state index in [1.165, 1.54) is 13.1 Å². The molecule has 35 heavy (non-hydrogen) atoms. The summed E-state index contributed by atoms with van der Waals surface area (Å²) in [5, 5.41) is 18.0. The van der Waals surface area contributed by atoms with Crippen molar-refractivity contribution in [3.05, 3.63) is 64.3 Å². The second-order valence-corrected chi connectivity index (χ2v) is 7.33. The number of rotatable bonds is 2. The van der Waals surface area contributed by atoms with Crippen LogP contribution < -0.4 is 0 Å². The summed E-state index contributed by atoms with van der Waals surface area (Å²) >= 11 is 0. The van der Waals surface area contributed by atoms with Crippen LogP contribution in [0.4, 0.5) is 32.2 Å². The molecule has 6 nitrogen and oxygen atoms in total. The van der Waals surface area contributed by atoms with E-state index in [0.717, 1.165) is 42.6 Å². The first kappa shape index (κ1) is 23.6. The molecular formula is C23H10F6N6. The van der Waals surface area contributed by atoms with Crippen molar-refractivity contribution in [2.75, 3.05) is 0 Å². The van der Waals surface area contributed by atoms with Gasteiger partial charge in [0.2, 0.25) is 6.19 Å². The number of hydrogen-bond donors (Lipinski definition) is 0. The van der Waals surface area contributed by atoms with Gasteiger partial charge in [0.15, 0.2) is 5.82 Å². The van der Waals surface area contributed by atoms with E-state index in [0.29, 0.717) is 0 Å². The Labute approximate surface area is 193 Å². The van der Waals surface area contributed by atoms with E-state index in [1.54, 1.807) is 6.07 Å². The van der Waals surface area contributed by atoms with Gasteiger partial charge >= 0.3 is 12.4 Å². The topological polar surface area (TPSA) is 98.1 Å². The van der Waals surface area contributed by atoms with E-state index in [1.807, 2.05) is 0 Å². The number of aliphatic imine (C=N–C) groups is 2. The molecular weight excluding hydrogens is 474 g/mol. The molecule has 1 aromatic heterocycles. The molecule has 1 aliphatic rings. The number of aromatic nitrogens is 2.